The van der Waals surface area contributed by atoms with Crippen molar-refractivity contribution >= 4 is 16.9 Å². The molecule has 1 aromatic carbocycles. The Morgan fingerprint density at radius 3 is 3.00 bits per heavy atom. The molecule has 5 nitrogen and oxygen atoms in total. The summed E-state index contributed by atoms with van der Waals surface area (Å²) in [5.74, 6) is 1.48. The van der Waals surface area contributed by atoms with Crippen molar-refractivity contribution in [1.29, 1.82) is 0 Å². The van der Waals surface area contributed by atoms with Gasteiger partial charge in [-0.3, -0.25) is 4.90 Å². The molecule has 2 saturated heterocycles. The molecule has 4 rings (SSSR count). The van der Waals surface area contributed by atoms with Gasteiger partial charge < -0.3 is 10.1 Å². The van der Waals surface area contributed by atoms with E-state index in [4.69, 9.17) is 4.74 Å². The lowest BCUT2D eigenvalue weighted by atomic mass is 10.0. The quantitative estimate of drug-likeness (QED) is 0.782. The van der Waals surface area contributed by atoms with Crippen molar-refractivity contribution in [2.75, 3.05) is 38.2 Å². The van der Waals surface area contributed by atoms with Crippen LogP contribution < -0.4 is 5.32 Å². The van der Waals surface area contributed by atoms with Crippen molar-refractivity contribution in [2.24, 2.45) is 5.92 Å². The molecule has 134 valence electrons. The second-order valence-electron chi connectivity index (χ2n) is 7.37. The molecular weight excluding hydrogens is 312 g/mol. The van der Waals surface area contributed by atoms with Crippen LogP contribution >= 0.6 is 0 Å². The fraction of sp³-hybridized carbons (Fsp3) is 0.600. The molecule has 2 fully saturated rings. The molecule has 1 unspecified atom stereocenters. The van der Waals surface area contributed by atoms with Gasteiger partial charge in [-0.1, -0.05) is 6.07 Å². The first-order chi connectivity index (χ1) is 12.4. The number of benzene rings is 1. The molecule has 0 spiro atoms. The van der Waals surface area contributed by atoms with Gasteiger partial charge in [0, 0.05) is 37.9 Å². The van der Waals surface area contributed by atoms with Crippen molar-refractivity contribution in [1.82, 2.24) is 14.9 Å². The van der Waals surface area contributed by atoms with Gasteiger partial charge in [-0.05, 0) is 68.8 Å². The molecule has 0 radical (unpaired) electrons. The van der Waals surface area contributed by atoms with Gasteiger partial charge in [0.2, 0.25) is 5.95 Å². The Kier molecular flexibility index (Phi) is 5.43. The molecule has 1 atom stereocenters. The lowest BCUT2D eigenvalue weighted by molar-refractivity contribution is 0.184. The van der Waals surface area contributed by atoms with E-state index < -0.39 is 0 Å². The maximum atomic E-state index is 5.42. The SMILES string of the molecule is c1cc2nc(NCCCC3CCOC3)ncc2cc1CN1CCCC1. The van der Waals surface area contributed by atoms with E-state index in [0.717, 1.165) is 55.5 Å². The van der Waals surface area contributed by atoms with Crippen LogP contribution in [0.25, 0.3) is 10.9 Å². The Morgan fingerprint density at radius 1 is 1.24 bits per heavy atom. The summed E-state index contributed by atoms with van der Waals surface area (Å²) in [5, 5.41) is 4.49. The van der Waals surface area contributed by atoms with Crippen LogP contribution in [0.15, 0.2) is 24.4 Å². The third kappa shape index (κ3) is 4.47. The summed E-state index contributed by atoms with van der Waals surface area (Å²) in [4.78, 5) is 11.7. The van der Waals surface area contributed by atoms with Gasteiger partial charge in [0.1, 0.15) is 0 Å². The van der Waals surface area contributed by atoms with Gasteiger partial charge in [0.25, 0.3) is 0 Å². The Balaban J connectivity index is 1.31. The lowest BCUT2D eigenvalue weighted by Gasteiger charge is -2.14. The molecule has 1 N–H and O–H groups in total. The van der Waals surface area contributed by atoms with E-state index in [2.05, 4.69) is 38.4 Å². The largest absolute Gasteiger partial charge is 0.381 e. The predicted molar refractivity (Wildman–Crippen MR) is 101 cm³/mol. The highest BCUT2D eigenvalue weighted by atomic mass is 16.5. The summed E-state index contributed by atoms with van der Waals surface area (Å²) < 4.78 is 5.42. The fourth-order valence-electron chi connectivity index (χ4n) is 3.87. The van der Waals surface area contributed by atoms with E-state index >= 15 is 0 Å². The molecular formula is C20H28N4O. The number of likely N-dealkylation sites (tertiary alicyclic amines) is 1. The van der Waals surface area contributed by atoms with Crippen LogP contribution in [0, 0.1) is 5.92 Å². The maximum Gasteiger partial charge on any atom is 0.223 e. The molecule has 25 heavy (non-hydrogen) atoms. The summed E-state index contributed by atoms with van der Waals surface area (Å²) in [7, 11) is 0. The Labute approximate surface area is 149 Å². The first-order valence-corrected chi connectivity index (χ1v) is 9.66. The lowest BCUT2D eigenvalue weighted by Crippen LogP contribution is -2.18. The first-order valence-electron chi connectivity index (χ1n) is 9.66. The van der Waals surface area contributed by atoms with Gasteiger partial charge in [-0.2, -0.15) is 0 Å². The van der Waals surface area contributed by atoms with Crippen LogP contribution in [0.3, 0.4) is 0 Å². The summed E-state index contributed by atoms with van der Waals surface area (Å²) in [5.41, 5.74) is 2.38. The average molecular weight is 340 g/mol. The average Bonchev–Trinajstić information content (AvgIpc) is 3.33. The molecule has 2 aliphatic rings. The zero-order valence-corrected chi connectivity index (χ0v) is 14.9. The van der Waals surface area contributed by atoms with Crippen LogP contribution in [0.4, 0.5) is 5.95 Å². The predicted octanol–water partition coefficient (Wildman–Crippen LogP) is 3.45. The number of hydrogen-bond donors (Lipinski definition) is 1. The van der Waals surface area contributed by atoms with E-state index in [1.54, 1.807) is 0 Å². The minimum atomic E-state index is 0.738. The fourth-order valence-corrected chi connectivity index (χ4v) is 3.87. The topological polar surface area (TPSA) is 50.3 Å². The Morgan fingerprint density at radius 2 is 2.16 bits per heavy atom. The van der Waals surface area contributed by atoms with Crippen molar-refractivity contribution in [3.05, 3.63) is 30.0 Å². The highest BCUT2D eigenvalue weighted by Crippen LogP contribution is 2.19. The second-order valence-corrected chi connectivity index (χ2v) is 7.37. The first kappa shape index (κ1) is 16.7. The van der Waals surface area contributed by atoms with Gasteiger partial charge in [-0.15, -0.1) is 0 Å². The minimum absolute atomic E-state index is 0.738. The summed E-state index contributed by atoms with van der Waals surface area (Å²) >= 11 is 0. The van der Waals surface area contributed by atoms with Gasteiger partial charge >= 0.3 is 0 Å². The number of nitrogens with zero attached hydrogens (tertiary/aromatic N) is 3. The second kappa shape index (κ2) is 8.11. The number of hydrogen-bond acceptors (Lipinski definition) is 5. The number of fused-ring (bicyclic) bond motifs is 1. The van der Waals surface area contributed by atoms with E-state index in [0.29, 0.717) is 0 Å². The van der Waals surface area contributed by atoms with Crippen LogP contribution in [0.1, 0.15) is 37.7 Å². The summed E-state index contributed by atoms with van der Waals surface area (Å²) in [6, 6.07) is 6.57. The minimum Gasteiger partial charge on any atom is -0.381 e. The standard InChI is InChI=1S/C20H28N4O/c1-2-10-24(9-1)14-17-5-6-19-18(12-17)13-22-20(23-19)21-8-3-4-16-7-11-25-15-16/h5-6,12-13,16H,1-4,7-11,14-15H2,(H,21,22,23). The zero-order chi connectivity index (χ0) is 16.9. The molecule has 0 amide bonds. The van der Waals surface area contributed by atoms with E-state index in [1.807, 2.05) is 6.20 Å². The highest BCUT2D eigenvalue weighted by molar-refractivity contribution is 5.79. The molecule has 1 aromatic heterocycles. The molecule has 2 aromatic rings. The molecule has 0 bridgehead atoms. The zero-order valence-electron chi connectivity index (χ0n) is 14.9. The van der Waals surface area contributed by atoms with E-state index in [1.165, 1.54) is 44.3 Å². The van der Waals surface area contributed by atoms with Crippen LogP contribution in [-0.4, -0.2) is 47.7 Å². The third-order valence-corrected chi connectivity index (χ3v) is 5.35. The van der Waals surface area contributed by atoms with Crippen molar-refractivity contribution in [3.63, 3.8) is 0 Å². The smallest absolute Gasteiger partial charge is 0.223 e. The van der Waals surface area contributed by atoms with Crippen molar-refractivity contribution in [3.8, 4) is 0 Å². The van der Waals surface area contributed by atoms with Gasteiger partial charge in [0.05, 0.1) is 5.52 Å². The van der Waals surface area contributed by atoms with Crippen molar-refractivity contribution in [2.45, 2.75) is 38.6 Å². The number of rotatable bonds is 7. The highest BCUT2D eigenvalue weighted by Gasteiger charge is 2.15. The third-order valence-electron chi connectivity index (χ3n) is 5.35. The van der Waals surface area contributed by atoms with Gasteiger partial charge in [-0.25, -0.2) is 9.97 Å². The number of aromatic nitrogens is 2. The maximum absolute atomic E-state index is 5.42. The Hall–Kier alpha value is -1.72. The normalized spacial score (nSPS) is 21.2. The summed E-state index contributed by atoms with van der Waals surface area (Å²) in [6.45, 7) is 6.29. The van der Waals surface area contributed by atoms with Crippen LogP contribution in [0.5, 0.6) is 0 Å². The number of nitrogens with one attached hydrogen (secondary N) is 1. The van der Waals surface area contributed by atoms with Crippen molar-refractivity contribution < 1.29 is 4.74 Å². The van der Waals surface area contributed by atoms with Crippen LogP contribution in [-0.2, 0) is 11.3 Å². The Bertz CT molecular complexity index is 693. The monoisotopic (exact) mass is 340 g/mol. The van der Waals surface area contributed by atoms with Crippen LogP contribution in [0.2, 0.25) is 0 Å². The molecule has 0 saturated carbocycles. The molecule has 5 heteroatoms. The number of ether oxygens (including phenoxy) is 1. The van der Waals surface area contributed by atoms with Gasteiger partial charge in [0.15, 0.2) is 0 Å². The van der Waals surface area contributed by atoms with E-state index in [-0.39, 0.29) is 0 Å². The number of anilines is 1. The molecule has 0 aliphatic carbocycles. The summed E-state index contributed by atoms with van der Waals surface area (Å²) in [6.07, 6.45) is 8.19. The molecule has 3 heterocycles. The van der Waals surface area contributed by atoms with E-state index in [9.17, 15) is 0 Å². The molecule has 2 aliphatic heterocycles.